The highest BCUT2D eigenvalue weighted by Gasteiger charge is 2.19. The van der Waals surface area contributed by atoms with Gasteiger partial charge in [-0.1, -0.05) is 36.4 Å². The molecule has 0 spiro atoms. The van der Waals surface area contributed by atoms with Crippen molar-refractivity contribution in [1.82, 2.24) is 4.90 Å². The molecule has 0 fully saturated rings. The molecular weight excluding hydrogens is 332 g/mol. The average molecular weight is 359 g/mol. The summed E-state index contributed by atoms with van der Waals surface area (Å²) in [6.07, 6.45) is 0.463. The molecule has 0 saturated heterocycles. The van der Waals surface area contributed by atoms with Gasteiger partial charge in [-0.25, -0.2) is 4.79 Å². The molecule has 25 heavy (non-hydrogen) atoms. The number of benzene rings is 2. The van der Waals surface area contributed by atoms with Crippen LogP contribution in [-0.4, -0.2) is 30.2 Å². The van der Waals surface area contributed by atoms with Gasteiger partial charge in [0.2, 0.25) is 0 Å². The first kappa shape index (κ1) is 19.2. The summed E-state index contributed by atoms with van der Waals surface area (Å²) in [5, 5.41) is 0. The number of hydrogen-bond donors (Lipinski definition) is 1. The van der Waals surface area contributed by atoms with E-state index in [9.17, 15) is 4.79 Å². The van der Waals surface area contributed by atoms with E-state index < -0.39 is 5.60 Å². The third-order valence-electron chi connectivity index (χ3n) is 3.46. The number of anilines is 1. The molecule has 1 N–H and O–H groups in total. The van der Waals surface area contributed by atoms with Crippen LogP contribution in [0.5, 0.6) is 0 Å². The first-order chi connectivity index (χ1) is 11.8. The Morgan fingerprint density at radius 3 is 2.40 bits per heavy atom. The van der Waals surface area contributed by atoms with Crippen LogP contribution in [0.2, 0.25) is 0 Å². The molecule has 0 aromatic heterocycles. The summed E-state index contributed by atoms with van der Waals surface area (Å²) in [7, 11) is 1.77. The third-order valence-corrected chi connectivity index (χ3v) is 4.29. The predicted octanol–water partition coefficient (Wildman–Crippen LogP) is 5.22. The summed E-state index contributed by atoms with van der Waals surface area (Å²) < 4.78 is 8.79. The SMILES string of the molecule is CN(CCc1ccccc1NSc1ccccc1)C(=O)OC(C)(C)C. The van der Waals surface area contributed by atoms with Crippen molar-refractivity contribution in [3.8, 4) is 0 Å². The first-order valence-corrected chi connectivity index (χ1v) is 9.17. The van der Waals surface area contributed by atoms with Crippen molar-refractivity contribution in [2.45, 2.75) is 37.7 Å². The number of amides is 1. The number of ether oxygens (including phenoxy) is 1. The molecule has 2 rings (SSSR count). The van der Waals surface area contributed by atoms with Gasteiger partial charge >= 0.3 is 6.09 Å². The molecule has 0 bridgehead atoms. The number of carbonyl (C=O) groups excluding carboxylic acids is 1. The molecule has 5 heteroatoms. The van der Waals surface area contributed by atoms with E-state index in [1.807, 2.05) is 51.1 Å². The van der Waals surface area contributed by atoms with Gasteiger partial charge in [-0.05, 0) is 62.9 Å². The first-order valence-electron chi connectivity index (χ1n) is 8.35. The molecule has 4 nitrogen and oxygen atoms in total. The number of nitrogens with one attached hydrogen (secondary N) is 1. The van der Waals surface area contributed by atoms with Gasteiger partial charge in [0.05, 0.1) is 0 Å². The predicted molar refractivity (Wildman–Crippen MR) is 105 cm³/mol. The monoisotopic (exact) mass is 358 g/mol. The molecule has 0 aliphatic carbocycles. The number of hydrogen-bond acceptors (Lipinski definition) is 4. The normalized spacial score (nSPS) is 11.0. The van der Waals surface area contributed by atoms with Crippen molar-refractivity contribution < 1.29 is 9.53 Å². The van der Waals surface area contributed by atoms with Gasteiger partial charge in [-0.3, -0.25) is 0 Å². The molecule has 0 radical (unpaired) electrons. The molecule has 0 heterocycles. The Morgan fingerprint density at radius 1 is 1.08 bits per heavy atom. The van der Waals surface area contributed by atoms with Gasteiger partial charge in [-0.15, -0.1) is 0 Å². The maximum atomic E-state index is 12.1. The largest absolute Gasteiger partial charge is 0.444 e. The molecule has 0 aliphatic rings. The van der Waals surface area contributed by atoms with Gasteiger partial charge in [0.25, 0.3) is 0 Å². The Bertz CT molecular complexity index is 684. The van der Waals surface area contributed by atoms with E-state index in [4.69, 9.17) is 4.74 Å². The lowest BCUT2D eigenvalue weighted by Crippen LogP contribution is -2.35. The summed E-state index contributed by atoms with van der Waals surface area (Å²) in [5.41, 5.74) is 1.76. The summed E-state index contributed by atoms with van der Waals surface area (Å²) >= 11 is 1.58. The molecule has 0 saturated carbocycles. The van der Waals surface area contributed by atoms with Gasteiger partial charge in [0.1, 0.15) is 5.60 Å². The van der Waals surface area contributed by atoms with Crippen LogP contribution in [0.1, 0.15) is 26.3 Å². The second-order valence-corrected chi connectivity index (χ2v) is 7.71. The van der Waals surface area contributed by atoms with E-state index in [-0.39, 0.29) is 6.09 Å². The highest BCUT2D eigenvalue weighted by Crippen LogP contribution is 2.24. The van der Waals surface area contributed by atoms with Gasteiger partial charge in [0.15, 0.2) is 0 Å². The maximum Gasteiger partial charge on any atom is 0.410 e. The molecule has 2 aromatic rings. The molecule has 0 aliphatic heterocycles. The Hall–Kier alpha value is -2.14. The zero-order valence-corrected chi connectivity index (χ0v) is 16.1. The van der Waals surface area contributed by atoms with Crippen molar-refractivity contribution in [3.63, 3.8) is 0 Å². The minimum Gasteiger partial charge on any atom is -0.444 e. The Kier molecular flexibility index (Phi) is 6.76. The highest BCUT2D eigenvalue weighted by atomic mass is 32.2. The van der Waals surface area contributed by atoms with Crippen molar-refractivity contribution in [2.75, 3.05) is 18.3 Å². The summed E-state index contributed by atoms with van der Waals surface area (Å²) in [6.45, 7) is 6.22. The number of para-hydroxylation sites is 1. The molecule has 2 aromatic carbocycles. The van der Waals surface area contributed by atoms with Crippen LogP contribution >= 0.6 is 11.9 Å². The standard InChI is InChI=1S/C20H26N2O2S/c1-20(2,3)24-19(23)22(4)15-14-16-10-8-9-13-18(16)21-25-17-11-6-5-7-12-17/h5-13,21H,14-15H2,1-4H3. The zero-order chi connectivity index (χ0) is 18.3. The van der Waals surface area contributed by atoms with E-state index in [1.54, 1.807) is 23.9 Å². The number of nitrogens with zero attached hydrogens (tertiary/aromatic N) is 1. The average Bonchev–Trinajstić information content (AvgIpc) is 2.58. The number of rotatable bonds is 6. The molecule has 0 atom stereocenters. The van der Waals surface area contributed by atoms with Crippen LogP contribution in [0.3, 0.4) is 0 Å². The summed E-state index contributed by atoms with van der Waals surface area (Å²) in [4.78, 5) is 14.8. The molecule has 0 unspecified atom stereocenters. The Balaban J connectivity index is 1.93. The van der Waals surface area contributed by atoms with Crippen LogP contribution in [0.4, 0.5) is 10.5 Å². The smallest absolute Gasteiger partial charge is 0.410 e. The summed E-state index contributed by atoms with van der Waals surface area (Å²) in [5.74, 6) is 0. The molecule has 134 valence electrons. The molecule has 1 amide bonds. The third kappa shape index (κ3) is 6.70. The fraction of sp³-hybridized carbons (Fsp3) is 0.350. The number of carbonyl (C=O) groups is 1. The van der Waals surface area contributed by atoms with Gasteiger partial charge in [0, 0.05) is 24.2 Å². The van der Waals surface area contributed by atoms with Crippen molar-refractivity contribution >= 4 is 23.7 Å². The fourth-order valence-corrected chi connectivity index (χ4v) is 2.88. The lowest BCUT2D eigenvalue weighted by molar-refractivity contribution is 0.0301. The number of likely N-dealkylation sites (N-methyl/N-ethyl adjacent to an activating group) is 1. The minimum absolute atomic E-state index is 0.295. The van der Waals surface area contributed by atoms with Crippen molar-refractivity contribution in [1.29, 1.82) is 0 Å². The van der Waals surface area contributed by atoms with Crippen LogP contribution < -0.4 is 4.72 Å². The summed E-state index contributed by atoms with van der Waals surface area (Å²) in [6, 6.07) is 18.3. The van der Waals surface area contributed by atoms with Crippen LogP contribution in [-0.2, 0) is 11.2 Å². The van der Waals surface area contributed by atoms with Crippen LogP contribution in [0.25, 0.3) is 0 Å². The van der Waals surface area contributed by atoms with E-state index in [2.05, 4.69) is 29.0 Å². The van der Waals surface area contributed by atoms with Crippen molar-refractivity contribution in [2.24, 2.45) is 0 Å². The van der Waals surface area contributed by atoms with Gasteiger partial charge < -0.3 is 14.4 Å². The molecular formula is C20H26N2O2S. The van der Waals surface area contributed by atoms with E-state index in [0.717, 1.165) is 17.0 Å². The second kappa shape index (κ2) is 8.81. The van der Waals surface area contributed by atoms with E-state index >= 15 is 0 Å². The quantitative estimate of drug-likeness (QED) is 0.719. The van der Waals surface area contributed by atoms with E-state index in [0.29, 0.717) is 6.54 Å². The Morgan fingerprint density at radius 2 is 1.72 bits per heavy atom. The van der Waals surface area contributed by atoms with E-state index in [1.165, 1.54) is 5.56 Å². The highest BCUT2D eigenvalue weighted by molar-refractivity contribution is 8.00. The minimum atomic E-state index is -0.475. The van der Waals surface area contributed by atoms with Crippen molar-refractivity contribution in [3.05, 3.63) is 60.2 Å². The topological polar surface area (TPSA) is 41.6 Å². The van der Waals surface area contributed by atoms with Crippen LogP contribution in [0, 0.1) is 0 Å². The zero-order valence-electron chi connectivity index (χ0n) is 15.3. The Labute approximate surface area is 154 Å². The lowest BCUT2D eigenvalue weighted by Gasteiger charge is -2.24. The second-order valence-electron chi connectivity index (χ2n) is 6.83. The lowest BCUT2D eigenvalue weighted by atomic mass is 10.1. The van der Waals surface area contributed by atoms with Gasteiger partial charge in [-0.2, -0.15) is 0 Å². The van der Waals surface area contributed by atoms with Crippen LogP contribution in [0.15, 0.2) is 59.5 Å². The maximum absolute atomic E-state index is 12.1. The fourth-order valence-electron chi connectivity index (χ4n) is 2.16.